The van der Waals surface area contributed by atoms with E-state index in [1.807, 2.05) is 18.3 Å². The van der Waals surface area contributed by atoms with Crippen molar-refractivity contribution in [1.82, 2.24) is 10.3 Å². The van der Waals surface area contributed by atoms with Crippen LogP contribution in [0.5, 0.6) is 0 Å². The summed E-state index contributed by atoms with van der Waals surface area (Å²) in [5.41, 5.74) is 1.35. The lowest BCUT2D eigenvalue weighted by Gasteiger charge is -2.16. The van der Waals surface area contributed by atoms with Crippen molar-refractivity contribution < 1.29 is 0 Å². The molecule has 0 fully saturated rings. The third kappa shape index (κ3) is 4.08. The number of nitrogens with one attached hydrogen (secondary N) is 1. The number of rotatable bonds is 6. The Kier molecular flexibility index (Phi) is 6.07. The fourth-order valence-electron chi connectivity index (χ4n) is 2.07. The Morgan fingerprint density at radius 1 is 1.20 bits per heavy atom. The first-order valence-corrected chi connectivity index (χ1v) is 8.47. The Balaban J connectivity index is 2.10. The summed E-state index contributed by atoms with van der Waals surface area (Å²) in [5.74, 6) is 0. The SMILES string of the molecule is CCNC(CC)c1ccc(Sc2ncccc2Br)cc1. The highest BCUT2D eigenvalue weighted by molar-refractivity contribution is 9.10. The maximum atomic E-state index is 4.38. The van der Waals surface area contributed by atoms with Gasteiger partial charge in [-0.3, -0.25) is 0 Å². The number of nitrogens with zero attached hydrogens (tertiary/aromatic N) is 1. The Hall–Kier alpha value is -0.840. The summed E-state index contributed by atoms with van der Waals surface area (Å²) in [6.45, 7) is 5.35. The van der Waals surface area contributed by atoms with Crippen molar-refractivity contribution >= 4 is 27.7 Å². The average molecular weight is 351 g/mol. The summed E-state index contributed by atoms with van der Waals surface area (Å²) in [6.07, 6.45) is 2.92. The van der Waals surface area contributed by atoms with Crippen LogP contribution in [-0.2, 0) is 0 Å². The highest BCUT2D eigenvalue weighted by Crippen LogP contribution is 2.32. The molecule has 1 aromatic heterocycles. The highest BCUT2D eigenvalue weighted by atomic mass is 79.9. The fraction of sp³-hybridized carbons (Fsp3) is 0.312. The molecule has 0 radical (unpaired) electrons. The van der Waals surface area contributed by atoms with E-state index in [1.54, 1.807) is 11.8 Å². The molecular formula is C16H19BrN2S. The normalized spacial score (nSPS) is 12.3. The van der Waals surface area contributed by atoms with Gasteiger partial charge in [-0.2, -0.15) is 0 Å². The lowest BCUT2D eigenvalue weighted by atomic mass is 10.1. The molecule has 2 rings (SSSR count). The van der Waals surface area contributed by atoms with E-state index in [9.17, 15) is 0 Å². The van der Waals surface area contributed by atoms with E-state index >= 15 is 0 Å². The van der Waals surface area contributed by atoms with Gasteiger partial charge in [-0.15, -0.1) is 0 Å². The van der Waals surface area contributed by atoms with Crippen molar-refractivity contribution in [3.8, 4) is 0 Å². The molecule has 0 saturated heterocycles. The van der Waals surface area contributed by atoms with Gasteiger partial charge in [0.2, 0.25) is 0 Å². The molecule has 1 N–H and O–H groups in total. The summed E-state index contributed by atoms with van der Waals surface area (Å²) in [6, 6.07) is 13.1. The third-order valence-corrected chi connectivity index (χ3v) is 5.01. The summed E-state index contributed by atoms with van der Waals surface area (Å²) < 4.78 is 1.04. The second-order valence-electron chi connectivity index (χ2n) is 4.48. The second kappa shape index (κ2) is 7.81. The molecular weight excluding hydrogens is 332 g/mol. The van der Waals surface area contributed by atoms with Crippen molar-refractivity contribution in [2.24, 2.45) is 0 Å². The van der Waals surface area contributed by atoms with Crippen LogP contribution in [0.2, 0.25) is 0 Å². The highest BCUT2D eigenvalue weighted by Gasteiger charge is 2.08. The largest absolute Gasteiger partial charge is 0.310 e. The first-order chi connectivity index (χ1) is 9.74. The minimum Gasteiger partial charge on any atom is -0.310 e. The van der Waals surface area contributed by atoms with Gasteiger partial charge in [0.05, 0.1) is 4.47 Å². The van der Waals surface area contributed by atoms with Gasteiger partial charge in [0.25, 0.3) is 0 Å². The first kappa shape index (κ1) is 15.5. The number of hydrogen-bond donors (Lipinski definition) is 1. The molecule has 0 aliphatic carbocycles. The van der Waals surface area contributed by atoms with Crippen molar-refractivity contribution in [2.45, 2.75) is 36.2 Å². The van der Waals surface area contributed by atoms with E-state index in [2.05, 4.69) is 64.3 Å². The van der Waals surface area contributed by atoms with Crippen LogP contribution in [0.25, 0.3) is 0 Å². The molecule has 2 nitrogen and oxygen atoms in total. The predicted molar refractivity (Wildman–Crippen MR) is 89.2 cm³/mol. The van der Waals surface area contributed by atoms with Gasteiger partial charge in [-0.1, -0.05) is 37.7 Å². The van der Waals surface area contributed by atoms with Gasteiger partial charge in [0.15, 0.2) is 0 Å². The van der Waals surface area contributed by atoms with Crippen LogP contribution >= 0.6 is 27.7 Å². The average Bonchev–Trinajstić information content (AvgIpc) is 2.48. The quantitative estimate of drug-likeness (QED) is 0.788. The van der Waals surface area contributed by atoms with E-state index in [4.69, 9.17) is 0 Å². The van der Waals surface area contributed by atoms with Crippen LogP contribution in [-0.4, -0.2) is 11.5 Å². The molecule has 0 saturated carbocycles. The monoisotopic (exact) mass is 350 g/mol. The van der Waals surface area contributed by atoms with E-state index in [0.717, 1.165) is 22.5 Å². The first-order valence-electron chi connectivity index (χ1n) is 6.86. The van der Waals surface area contributed by atoms with Crippen LogP contribution in [0.4, 0.5) is 0 Å². The maximum absolute atomic E-state index is 4.38. The molecule has 0 spiro atoms. The Labute approximate surface area is 133 Å². The summed E-state index contributed by atoms with van der Waals surface area (Å²) in [4.78, 5) is 5.59. The minimum absolute atomic E-state index is 0.445. The Bertz CT molecular complexity index is 542. The molecule has 1 atom stereocenters. The van der Waals surface area contributed by atoms with Gasteiger partial charge < -0.3 is 5.32 Å². The summed E-state index contributed by atoms with van der Waals surface area (Å²) >= 11 is 5.21. The molecule has 4 heteroatoms. The van der Waals surface area contributed by atoms with Gasteiger partial charge >= 0.3 is 0 Å². The van der Waals surface area contributed by atoms with Gasteiger partial charge in [-0.25, -0.2) is 4.98 Å². The zero-order chi connectivity index (χ0) is 14.4. The number of pyridine rings is 1. The van der Waals surface area contributed by atoms with Gasteiger partial charge in [-0.05, 0) is 58.7 Å². The van der Waals surface area contributed by atoms with Gasteiger partial charge in [0, 0.05) is 17.1 Å². The fourth-order valence-corrected chi connectivity index (χ4v) is 3.34. The Morgan fingerprint density at radius 3 is 2.55 bits per heavy atom. The molecule has 0 amide bonds. The standard InChI is InChI=1S/C16H19BrN2S/c1-3-15(18-4-2)12-7-9-13(10-8-12)20-16-14(17)6-5-11-19-16/h5-11,15,18H,3-4H2,1-2H3. The zero-order valence-electron chi connectivity index (χ0n) is 11.8. The molecule has 1 aromatic carbocycles. The number of halogens is 1. The summed E-state index contributed by atoms with van der Waals surface area (Å²) in [5, 5.41) is 4.50. The molecule has 106 valence electrons. The van der Waals surface area contributed by atoms with Crippen LogP contribution in [0.1, 0.15) is 31.9 Å². The van der Waals surface area contributed by atoms with E-state index in [0.29, 0.717) is 6.04 Å². The van der Waals surface area contributed by atoms with E-state index in [-0.39, 0.29) is 0 Å². The topological polar surface area (TPSA) is 24.9 Å². The van der Waals surface area contributed by atoms with Crippen LogP contribution in [0.15, 0.2) is 57.0 Å². The van der Waals surface area contributed by atoms with E-state index in [1.165, 1.54) is 10.5 Å². The lowest BCUT2D eigenvalue weighted by Crippen LogP contribution is -2.19. The lowest BCUT2D eigenvalue weighted by molar-refractivity contribution is 0.537. The number of benzene rings is 1. The smallest absolute Gasteiger partial charge is 0.115 e. The molecule has 0 aliphatic heterocycles. The molecule has 1 heterocycles. The van der Waals surface area contributed by atoms with Gasteiger partial charge in [0.1, 0.15) is 5.03 Å². The molecule has 1 unspecified atom stereocenters. The molecule has 0 bridgehead atoms. The third-order valence-electron chi connectivity index (χ3n) is 3.08. The van der Waals surface area contributed by atoms with Crippen LogP contribution in [0.3, 0.4) is 0 Å². The number of hydrogen-bond acceptors (Lipinski definition) is 3. The van der Waals surface area contributed by atoms with Crippen molar-refractivity contribution in [2.75, 3.05) is 6.54 Å². The summed E-state index contributed by atoms with van der Waals surface area (Å²) in [7, 11) is 0. The van der Waals surface area contributed by atoms with Crippen LogP contribution in [0, 0.1) is 0 Å². The second-order valence-corrected chi connectivity index (χ2v) is 6.40. The number of aromatic nitrogens is 1. The van der Waals surface area contributed by atoms with E-state index < -0.39 is 0 Å². The molecule has 0 aliphatic rings. The van der Waals surface area contributed by atoms with Crippen LogP contribution < -0.4 is 5.32 Å². The van der Waals surface area contributed by atoms with Crippen molar-refractivity contribution in [1.29, 1.82) is 0 Å². The predicted octanol–water partition coefficient (Wildman–Crippen LogP) is 5.06. The zero-order valence-corrected chi connectivity index (χ0v) is 14.2. The van der Waals surface area contributed by atoms with Crippen molar-refractivity contribution in [3.63, 3.8) is 0 Å². The maximum Gasteiger partial charge on any atom is 0.115 e. The molecule has 2 aromatic rings. The molecule has 20 heavy (non-hydrogen) atoms. The van der Waals surface area contributed by atoms with Crippen molar-refractivity contribution in [3.05, 3.63) is 52.6 Å². The Morgan fingerprint density at radius 2 is 1.95 bits per heavy atom. The minimum atomic E-state index is 0.445.